The van der Waals surface area contributed by atoms with Crippen LogP contribution in [0, 0.1) is 0 Å². The highest BCUT2D eigenvalue weighted by Gasteiger charge is 2.35. The summed E-state index contributed by atoms with van der Waals surface area (Å²) in [4.78, 5) is 51.8. The summed E-state index contributed by atoms with van der Waals surface area (Å²) in [6.07, 6.45) is 1.29. The lowest BCUT2D eigenvalue weighted by molar-refractivity contribution is -0.146. The molecule has 2 heterocycles. The molecule has 28 heavy (non-hydrogen) atoms. The van der Waals surface area contributed by atoms with E-state index in [9.17, 15) is 19.2 Å². The van der Waals surface area contributed by atoms with E-state index in [1.54, 1.807) is 4.90 Å². The number of hydrogen-bond donors (Lipinski definition) is 0. The van der Waals surface area contributed by atoms with Crippen molar-refractivity contribution < 1.29 is 28.7 Å². The van der Waals surface area contributed by atoms with Crippen molar-refractivity contribution in [3.63, 3.8) is 0 Å². The van der Waals surface area contributed by atoms with E-state index in [0.717, 1.165) is 4.90 Å². The molecule has 8 heteroatoms. The smallest absolute Gasteiger partial charge is 0.338 e. The number of ether oxygens (including phenoxy) is 2. The van der Waals surface area contributed by atoms with Crippen LogP contribution in [0.15, 0.2) is 30.9 Å². The average Bonchev–Trinajstić information content (AvgIpc) is 2.90. The zero-order valence-corrected chi connectivity index (χ0v) is 15.8. The first kappa shape index (κ1) is 19.8. The van der Waals surface area contributed by atoms with Gasteiger partial charge in [0.05, 0.1) is 28.9 Å². The van der Waals surface area contributed by atoms with Gasteiger partial charge in [0, 0.05) is 19.6 Å². The Balaban J connectivity index is 1.65. The predicted molar refractivity (Wildman–Crippen MR) is 98.9 cm³/mol. The van der Waals surface area contributed by atoms with Gasteiger partial charge >= 0.3 is 5.97 Å². The monoisotopic (exact) mass is 386 g/mol. The Bertz CT molecular complexity index is 839. The summed E-state index contributed by atoms with van der Waals surface area (Å²) >= 11 is 0. The van der Waals surface area contributed by atoms with Gasteiger partial charge in [0.1, 0.15) is 0 Å². The first-order valence-corrected chi connectivity index (χ1v) is 9.03. The van der Waals surface area contributed by atoms with Gasteiger partial charge in [0.15, 0.2) is 6.61 Å². The number of nitrogens with zero attached hydrogens (tertiary/aromatic N) is 2. The fourth-order valence-corrected chi connectivity index (χ4v) is 3.40. The molecule has 1 fully saturated rings. The number of morpholine rings is 1. The molecule has 0 aromatic heterocycles. The number of carbonyl (C=O) groups is 4. The molecule has 0 spiro atoms. The summed E-state index contributed by atoms with van der Waals surface area (Å²) < 4.78 is 10.7. The quantitative estimate of drug-likeness (QED) is 0.430. The summed E-state index contributed by atoms with van der Waals surface area (Å²) in [6, 6.07) is 4.15. The minimum absolute atomic E-state index is 0.0813. The molecule has 148 valence electrons. The number of esters is 1. The summed E-state index contributed by atoms with van der Waals surface area (Å²) in [5.74, 6) is -1.94. The molecular weight excluding hydrogens is 364 g/mol. The van der Waals surface area contributed by atoms with Crippen molar-refractivity contribution in [2.24, 2.45) is 0 Å². The van der Waals surface area contributed by atoms with Gasteiger partial charge in [0.2, 0.25) is 0 Å². The van der Waals surface area contributed by atoms with Crippen LogP contribution in [0.1, 0.15) is 44.9 Å². The van der Waals surface area contributed by atoms with Crippen LogP contribution in [0.25, 0.3) is 0 Å². The number of imide groups is 1. The second-order valence-electron chi connectivity index (χ2n) is 6.90. The maximum absolute atomic E-state index is 12.3. The number of fused-ring (bicyclic) bond motifs is 1. The van der Waals surface area contributed by atoms with Crippen LogP contribution < -0.4 is 0 Å². The van der Waals surface area contributed by atoms with Gasteiger partial charge in [-0.1, -0.05) is 6.08 Å². The van der Waals surface area contributed by atoms with Crippen LogP contribution in [0.4, 0.5) is 0 Å². The molecule has 0 N–H and O–H groups in total. The first-order valence-electron chi connectivity index (χ1n) is 9.03. The van der Waals surface area contributed by atoms with Crippen molar-refractivity contribution in [2.75, 3.05) is 26.2 Å². The number of amides is 3. The van der Waals surface area contributed by atoms with E-state index in [1.807, 2.05) is 13.8 Å². The number of hydrogen-bond acceptors (Lipinski definition) is 6. The lowest BCUT2D eigenvalue weighted by Gasteiger charge is -2.35. The second kappa shape index (κ2) is 7.93. The highest BCUT2D eigenvalue weighted by molar-refractivity contribution is 6.22. The Morgan fingerprint density at radius 1 is 1.18 bits per heavy atom. The van der Waals surface area contributed by atoms with Crippen LogP contribution in [0.5, 0.6) is 0 Å². The SMILES string of the molecule is C=CCN1C(=O)c2ccc(C(=O)OCC(=O)N3C[C@H](C)O[C@@H](C)C3)cc2C1=O. The average molecular weight is 386 g/mol. The highest BCUT2D eigenvalue weighted by atomic mass is 16.5. The maximum Gasteiger partial charge on any atom is 0.338 e. The Morgan fingerprint density at radius 2 is 1.82 bits per heavy atom. The molecule has 3 amide bonds. The first-order chi connectivity index (χ1) is 13.3. The minimum atomic E-state index is -0.729. The zero-order valence-electron chi connectivity index (χ0n) is 15.8. The van der Waals surface area contributed by atoms with Gasteiger partial charge in [-0.15, -0.1) is 6.58 Å². The topological polar surface area (TPSA) is 93.2 Å². The van der Waals surface area contributed by atoms with E-state index < -0.39 is 24.4 Å². The molecule has 8 nitrogen and oxygen atoms in total. The molecule has 1 aromatic carbocycles. The molecule has 0 saturated carbocycles. The lowest BCUT2D eigenvalue weighted by Crippen LogP contribution is -2.49. The molecule has 3 rings (SSSR count). The van der Waals surface area contributed by atoms with Crippen molar-refractivity contribution in [1.82, 2.24) is 9.80 Å². The van der Waals surface area contributed by atoms with Crippen molar-refractivity contribution in [2.45, 2.75) is 26.1 Å². The lowest BCUT2D eigenvalue weighted by atomic mass is 10.1. The van der Waals surface area contributed by atoms with Gasteiger partial charge in [-0.3, -0.25) is 19.3 Å². The molecule has 0 unspecified atom stereocenters. The van der Waals surface area contributed by atoms with E-state index >= 15 is 0 Å². The van der Waals surface area contributed by atoms with Gasteiger partial charge in [-0.2, -0.15) is 0 Å². The summed E-state index contributed by atoms with van der Waals surface area (Å²) in [5, 5.41) is 0. The third kappa shape index (κ3) is 3.82. The Morgan fingerprint density at radius 3 is 2.46 bits per heavy atom. The highest BCUT2D eigenvalue weighted by Crippen LogP contribution is 2.24. The predicted octanol–water partition coefficient (Wildman–Crippen LogP) is 1.26. The van der Waals surface area contributed by atoms with E-state index in [-0.39, 0.29) is 41.4 Å². The fraction of sp³-hybridized carbons (Fsp3) is 0.400. The Hall–Kier alpha value is -3.00. The third-order valence-corrected chi connectivity index (χ3v) is 4.62. The number of carbonyl (C=O) groups excluding carboxylic acids is 4. The van der Waals surface area contributed by atoms with Crippen LogP contribution in [0.2, 0.25) is 0 Å². The van der Waals surface area contributed by atoms with Crippen LogP contribution in [0.3, 0.4) is 0 Å². The van der Waals surface area contributed by atoms with E-state index in [4.69, 9.17) is 9.47 Å². The molecule has 2 aliphatic rings. The largest absolute Gasteiger partial charge is 0.452 e. The van der Waals surface area contributed by atoms with Gasteiger partial charge in [-0.25, -0.2) is 4.79 Å². The molecule has 2 atom stereocenters. The van der Waals surface area contributed by atoms with Gasteiger partial charge in [-0.05, 0) is 32.0 Å². The summed E-state index contributed by atoms with van der Waals surface area (Å²) in [7, 11) is 0. The number of rotatable bonds is 5. The molecule has 0 aliphatic carbocycles. The maximum atomic E-state index is 12.3. The van der Waals surface area contributed by atoms with E-state index in [0.29, 0.717) is 13.1 Å². The van der Waals surface area contributed by atoms with Gasteiger partial charge in [0.25, 0.3) is 17.7 Å². The third-order valence-electron chi connectivity index (χ3n) is 4.62. The van der Waals surface area contributed by atoms with Crippen LogP contribution in [-0.4, -0.2) is 71.9 Å². The summed E-state index contributed by atoms with van der Waals surface area (Å²) in [5.41, 5.74) is 0.482. The molecule has 2 aliphatic heterocycles. The fourth-order valence-electron chi connectivity index (χ4n) is 3.40. The molecule has 1 saturated heterocycles. The zero-order chi connectivity index (χ0) is 20.4. The van der Waals surface area contributed by atoms with Crippen molar-refractivity contribution in [3.05, 3.63) is 47.5 Å². The second-order valence-corrected chi connectivity index (χ2v) is 6.90. The van der Waals surface area contributed by atoms with E-state index in [2.05, 4.69) is 6.58 Å². The van der Waals surface area contributed by atoms with Crippen molar-refractivity contribution in [3.8, 4) is 0 Å². The van der Waals surface area contributed by atoms with Gasteiger partial charge < -0.3 is 14.4 Å². The molecule has 0 bridgehead atoms. The Labute approximate surface area is 162 Å². The van der Waals surface area contributed by atoms with Crippen molar-refractivity contribution in [1.29, 1.82) is 0 Å². The molecule has 0 radical (unpaired) electrons. The minimum Gasteiger partial charge on any atom is -0.452 e. The van der Waals surface area contributed by atoms with Crippen LogP contribution in [-0.2, 0) is 14.3 Å². The standard InChI is InChI=1S/C20H22N2O6/c1-4-7-22-18(24)15-6-5-14(8-16(15)19(22)25)20(26)27-11-17(23)21-9-12(2)28-13(3)10-21/h4-6,8,12-13H,1,7,9-11H2,2-3H3/t12-,13-/m0/s1. The normalized spacial score (nSPS) is 21.5. The summed E-state index contributed by atoms with van der Waals surface area (Å²) in [6.45, 7) is 7.85. The van der Waals surface area contributed by atoms with E-state index in [1.165, 1.54) is 24.3 Å². The number of benzene rings is 1. The molecular formula is C20H22N2O6. The molecule has 1 aromatic rings. The Kier molecular flexibility index (Phi) is 5.60. The van der Waals surface area contributed by atoms with Crippen molar-refractivity contribution >= 4 is 23.7 Å². The van der Waals surface area contributed by atoms with Crippen LogP contribution >= 0.6 is 0 Å².